The Bertz CT molecular complexity index is 1100. The van der Waals surface area contributed by atoms with E-state index < -0.39 is 17.8 Å². The molecule has 0 amide bonds. The third-order valence-corrected chi connectivity index (χ3v) is 7.13. The summed E-state index contributed by atoms with van der Waals surface area (Å²) in [5, 5.41) is 3.57. The van der Waals surface area contributed by atoms with Crippen LogP contribution in [-0.4, -0.2) is 18.1 Å². The molecule has 1 aliphatic rings. The molecule has 3 aromatic rings. The predicted octanol–water partition coefficient (Wildman–Crippen LogP) is 6.67. The number of nitrogens with zero attached hydrogens (tertiary/aromatic N) is 1. The van der Waals surface area contributed by atoms with E-state index >= 15 is 0 Å². The molecule has 170 valence electrons. The number of nitrogens with one attached hydrogen (secondary N) is 1. The van der Waals surface area contributed by atoms with Crippen molar-refractivity contribution in [2.45, 2.75) is 38.0 Å². The van der Waals surface area contributed by atoms with Crippen LogP contribution < -0.4 is 15.8 Å². The number of hydrogen-bond donors (Lipinski definition) is 2. The second-order valence-corrected chi connectivity index (χ2v) is 9.37. The van der Waals surface area contributed by atoms with Gasteiger partial charge >= 0.3 is 6.18 Å². The lowest BCUT2D eigenvalue weighted by atomic mass is 9.97. The predicted molar refractivity (Wildman–Crippen MR) is 122 cm³/mol. The van der Waals surface area contributed by atoms with Crippen LogP contribution in [0.5, 0.6) is 5.75 Å². The van der Waals surface area contributed by atoms with Crippen molar-refractivity contribution in [2.24, 2.45) is 0 Å². The molecule has 1 atom stereocenters. The molecule has 4 rings (SSSR count). The van der Waals surface area contributed by atoms with Crippen LogP contribution in [0.3, 0.4) is 0 Å². The molecule has 2 aromatic heterocycles. The lowest BCUT2D eigenvalue weighted by molar-refractivity contribution is -0.138. The fraction of sp³-hybridized carbons (Fsp3) is 0.348. The second-order valence-electron chi connectivity index (χ2n) is 7.82. The Balaban J connectivity index is 1.59. The van der Waals surface area contributed by atoms with Crippen LogP contribution in [0.2, 0.25) is 5.02 Å². The normalized spacial score (nSPS) is 16.2. The Morgan fingerprint density at radius 1 is 1.19 bits per heavy atom. The second kappa shape index (κ2) is 9.29. The SMILES string of the molecule is CC(Oc1cc(-c2ccc(C3CCNCC3)s2)cnc1N)c1cc(Cl)ccc1C(F)(F)F. The molecule has 1 saturated heterocycles. The van der Waals surface area contributed by atoms with E-state index in [1.165, 1.54) is 23.9 Å². The van der Waals surface area contributed by atoms with Gasteiger partial charge in [-0.15, -0.1) is 11.3 Å². The summed E-state index contributed by atoms with van der Waals surface area (Å²) in [6.45, 7) is 3.56. The van der Waals surface area contributed by atoms with Crippen molar-refractivity contribution in [1.29, 1.82) is 0 Å². The maximum absolute atomic E-state index is 13.5. The van der Waals surface area contributed by atoms with Gasteiger partial charge in [-0.25, -0.2) is 4.98 Å². The van der Waals surface area contributed by atoms with Crippen molar-refractivity contribution in [1.82, 2.24) is 10.3 Å². The van der Waals surface area contributed by atoms with Gasteiger partial charge in [-0.1, -0.05) is 11.6 Å². The van der Waals surface area contributed by atoms with Crippen molar-refractivity contribution in [3.8, 4) is 16.2 Å². The molecule has 1 fully saturated rings. The summed E-state index contributed by atoms with van der Waals surface area (Å²) in [6.07, 6.45) is -1.59. The largest absolute Gasteiger partial charge is 0.482 e. The van der Waals surface area contributed by atoms with Gasteiger partial charge in [0.05, 0.1) is 5.56 Å². The molecule has 1 unspecified atom stereocenters. The van der Waals surface area contributed by atoms with E-state index in [2.05, 4.69) is 16.4 Å². The van der Waals surface area contributed by atoms with E-state index in [9.17, 15) is 13.2 Å². The molecule has 9 heteroatoms. The average Bonchev–Trinajstić information content (AvgIpc) is 3.25. The molecule has 32 heavy (non-hydrogen) atoms. The zero-order chi connectivity index (χ0) is 22.9. The lowest BCUT2D eigenvalue weighted by Gasteiger charge is -2.21. The van der Waals surface area contributed by atoms with Crippen LogP contribution in [0.4, 0.5) is 19.0 Å². The molecule has 1 aliphatic heterocycles. The first-order valence-corrected chi connectivity index (χ1v) is 11.5. The highest BCUT2D eigenvalue weighted by Gasteiger charge is 2.35. The Morgan fingerprint density at radius 2 is 1.94 bits per heavy atom. The maximum atomic E-state index is 13.5. The van der Waals surface area contributed by atoms with E-state index in [0.717, 1.165) is 42.4 Å². The van der Waals surface area contributed by atoms with Crippen molar-refractivity contribution in [2.75, 3.05) is 18.8 Å². The molecular formula is C23H23ClF3N3OS. The number of anilines is 1. The van der Waals surface area contributed by atoms with Crippen molar-refractivity contribution in [3.05, 3.63) is 63.6 Å². The number of halogens is 4. The number of hydrogen-bond acceptors (Lipinski definition) is 5. The van der Waals surface area contributed by atoms with Gasteiger partial charge in [-0.3, -0.25) is 0 Å². The monoisotopic (exact) mass is 481 g/mol. The molecule has 4 nitrogen and oxygen atoms in total. The number of benzene rings is 1. The number of aromatic nitrogens is 1. The number of rotatable bonds is 5. The van der Waals surface area contributed by atoms with Crippen molar-refractivity contribution >= 4 is 28.8 Å². The number of thiophene rings is 1. The van der Waals surface area contributed by atoms with E-state index in [4.69, 9.17) is 22.1 Å². The van der Waals surface area contributed by atoms with E-state index in [1.807, 2.05) is 6.07 Å². The number of nitrogens with two attached hydrogens (primary N) is 1. The summed E-state index contributed by atoms with van der Waals surface area (Å²) in [5.41, 5.74) is 5.95. The minimum absolute atomic E-state index is 0.0564. The summed E-state index contributed by atoms with van der Waals surface area (Å²) < 4.78 is 46.2. The molecule has 1 aromatic carbocycles. The van der Waals surface area contributed by atoms with Crippen LogP contribution in [0, 0.1) is 0 Å². The minimum atomic E-state index is -4.52. The van der Waals surface area contributed by atoms with E-state index in [-0.39, 0.29) is 22.2 Å². The molecule has 0 bridgehead atoms. The quantitative estimate of drug-likeness (QED) is 0.427. The number of ether oxygens (including phenoxy) is 1. The van der Waals surface area contributed by atoms with Crippen molar-refractivity contribution < 1.29 is 17.9 Å². The molecule has 3 N–H and O–H groups in total. The van der Waals surface area contributed by atoms with Gasteiger partial charge in [0.2, 0.25) is 0 Å². The van der Waals surface area contributed by atoms with Gasteiger partial charge in [-0.05, 0) is 75.2 Å². The number of nitrogen functional groups attached to an aromatic ring is 1. The lowest BCUT2D eigenvalue weighted by Crippen LogP contribution is -2.26. The summed E-state index contributed by atoms with van der Waals surface area (Å²) in [6, 6.07) is 9.36. The van der Waals surface area contributed by atoms with Gasteiger partial charge in [0.25, 0.3) is 0 Å². The van der Waals surface area contributed by atoms with Crippen LogP contribution in [-0.2, 0) is 6.18 Å². The number of pyridine rings is 1. The fourth-order valence-electron chi connectivity index (χ4n) is 3.90. The standard InChI is InChI=1S/C23H23ClF3N3OS/c1-13(17-11-16(24)2-3-18(17)23(25,26)27)31-19-10-15(12-30-22(19)28)21-5-4-20(32-21)14-6-8-29-9-7-14/h2-5,10-14,29H,6-9H2,1H3,(H2,28,30). The summed E-state index contributed by atoms with van der Waals surface area (Å²) in [7, 11) is 0. The first-order chi connectivity index (χ1) is 15.2. The Morgan fingerprint density at radius 3 is 2.66 bits per heavy atom. The van der Waals surface area contributed by atoms with Crippen molar-refractivity contribution in [3.63, 3.8) is 0 Å². The van der Waals surface area contributed by atoms with Crippen LogP contribution in [0.1, 0.15) is 47.8 Å². The molecular weight excluding hydrogens is 459 g/mol. The molecule has 3 heterocycles. The highest BCUT2D eigenvalue weighted by Crippen LogP contribution is 2.40. The summed E-state index contributed by atoms with van der Waals surface area (Å²) in [5.74, 6) is 0.891. The molecule has 0 spiro atoms. The van der Waals surface area contributed by atoms with Crippen LogP contribution in [0.25, 0.3) is 10.4 Å². The zero-order valence-electron chi connectivity index (χ0n) is 17.4. The van der Waals surface area contributed by atoms with Crippen LogP contribution >= 0.6 is 22.9 Å². The third kappa shape index (κ3) is 5.03. The maximum Gasteiger partial charge on any atom is 0.416 e. The minimum Gasteiger partial charge on any atom is -0.482 e. The highest BCUT2D eigenvalue weighted by atomic mass is 35.5. The zero-order valence-corrected chi connectivity index (χ0v) is 18.9. The van der Waals surface area contributed by atoms with Gasteiger partial charge in [0, 0.05) is 32.1 Å². The van der Waals surface area contributed by atoms with Gasteiger partial charge in [-0.2, -0.15) is 13.2 Å². The summed E-state index contributed by atoms with van der Waals surface area (Å²) in [4.78, 5) is 6.55. The van der Waals surface area contributed by atoms with Gasteiger partial charge in [0.1, 0.15) is 6.10 Å². The molecule has 0 aliphatic carbocycles. The highest BCUT2D eigenvalue weighted by molar-refractivity contribution is 7.15. The Kier molecular flexibility index (Phi) is 6.65. The van der Waals surface area contributed by atoms with Gasteiger partial charge in [0.15, 0.2) is 11.6 Å². The first kappa shape index (κ1) is 22.9. The van der Waals surface area contributed by atoms with E-state index in [0.29, 0.717) is 5.92 Å². The third-order valence-electron chi connectivity index (χ3n) is 5.60. The smallest absolute Gasteiger partial charge is 0.416 e. The fourth-order valence-corrected chi connectivity index (χ4v) is 5.24. The Labute approximate surface area is 193 Å². The van der Waals surface area contributed by atoms with Crippen LogP contribution in [0.15, 0.2) is 42.6 Å². The number of alkyl halides is 3. The van der Waals surface area contributed by atoms with Gasteiger partial charge < -0.3 is 15.8 Å². The topological polar surface area (TPSA) is 60.2 Å². The molecule has 0 saturated carbocycles. The average molecular weight is 482 g/mol. The summed E-state index contributed by atoms with van der Waals surface area (Å²) >= 11 is 7.65. The van der Waals surface area contributed by atoms with E-state index in [1.54, 1.807) is 23.6 Å². The number of piperidine rings is 1. The Hall–Kier alpha value is -2.29. The molecule has 0 radical (unpaired) electrons. The first-order valence-electron chi connectivity index (χ1n) is 10.3.